The van der Waals surface area contributed by atoms with Crippen molar-refractivity contribution in [2.45, 2.75) is 89.4 Å². The van der Waals surface area contributed by atoms with Crippen LogP contribution < -0.4 is 0 Å². The Morgan fingerprint density at radius 3 is 2.27 bits per heavy atom. The molecule has 56 heavy (non-hydrogen) atoms. The Bertz CT molecular complexity index is 2150. The van der Waals surface area contributed by atoms with Gasteiger partial charge in [-0.1, -0.05) is 66.5 Å². The normalized spacial score (nSPS) is 67.0. The van der Waals surface area contributed by atoms with Crippen LogP contribution in [0.1, 0.15) is 89.5 Å². The zero-order valence-electron chi connectivity index (χ0n) is 33.6. The first-order chi connectivity index (χ1) is 27.7. The Labute approximate surface area is 334 Å². The van der Waals surface area contributed by atoms with Crippen LogP contribution in [-0.2, 0) is 14.9 Å². The molecule has 0 amide bonds. The number of fused-ring (bicyclic) bond motifs is 1. The molecule has 0 heterocycles. The maximum absolute atomic E-state index is 13.3. The summed E-state index contributed by atoms with van der Waals surface area (Å²) in [6.07, 6.45) is 19.3. The van der Waals surface area contributed by atoms with Crippen molar-refractivity contribution in [2.75, 3.05) is 6.61 Å². The minimum absolute atomic E-state index is 0.0810. The Hall–Kier alpha value is -1.83. The zero-order chi connectivity index (χ0) is 35.6. The molecule has 29 unspecified atom stereocenters. The maximum atomic E-state index is 13.3. The third-order valence-corrected chi connectivity index (χ3v) is 25.7. The van der Waals surface area contributed by atoms with Crippen LogP contribution in [0.2, 0.25) is 0 Å². The van der Waals surface area contributed by atoms with Crippen molar-refractivity contribution < 1.29 is 9.53 Å². The van der Waals surface area contributed by atoms with Crippen molar-refractivity contribution >= 4 is 5.97 Å². The van der Waals surface area contributed by atoms with Gasteiger partial charge in [-0.3, -0.25) is 4.79 Å². The Balaban J connectivity index is 0.889. The molecule has 29 atom stereocenters. The van der Waals surface area contributed by atoms with Gasteiger partial charge in [0.1, 0.15) is 0 Å². The topological polar surface area (TPSA) is 26.3 Å². The lowest BCUT2D eigenvalue weighted by molar-refractivity contribution is -0.144. The van der Waals surface area contributed by atoms with Gasteiger partial charge in [-0.05, 0) is 229 Å². The molecule has 0 N–H and O–H groups in total. The fraction of sp³-hybridized carbons (Fsp3) is 0.796. The summed E-state index contributed by atoms with van der Waals surface area (Å²) in [5.74, 6) is 28.2. The molecule has 290 valence electrons. The molecule has 17 aliphatic carbocycles. The zero-order valence-corrected chi connectivity index (χ0v) is 33.6. The molecular weight excluding hydrogens is 681 g/mol. The highest BCUT2D eigenvalue weighted by atomic mass is 16.5. The van der Waals surface area contributed by atoms with E-state index in [1.807, 2.05) is 5.57 Å². The van der Waals surface area contributed by atoms with E-state index in [4.69, 9.17) is 4.74 Å². The molecule has 1 aromatic carbocycles. The molecule has 18 rings (SSSR count). The average molecular weight is 743 g/mol. The fourth-order valence-electron chi connectivity index (χ4n) is 27.0. The van der Waals surface area contributed by atoms with Crippen LogP contribution in [-0.4, -0.2) is 12.6 Å². The number of allylic oxidation sites excluding steroid dienone is 4. The molecule has 0 bridgehead atoms. The van der Waals surface area contributed by atoms with E-state index in [1.165, 1.54) is 19.3 Å². The van der Waals surface area contributed by atoms with Gasteiger partial charge in [0, 0.05) is 17.8 Å². The van der Waals surface area contributed by atoms with E-state index in [1.54, 1.807) is 37.7 Å². The summed E-state index contributed by atoms with van der Waals surface area (Å²) in [5, 5.41) is 0. The van der Waals surface area contributed by atoms with Gasteiger partial charge in [0.15, 0.2) is 0 Å². The number of esters is 1. The molecule has 14 fully saturated rings. The third-order valence-electron chi connectivity index (χ3n) is 25.7. The molecule has 0 saturated heterocycles. The van der Waals surface area contributed by atoms with E-state index in [0.717, 1.165) is 179 Å². The number of carbonyl (C=O) groups excluding carboxylic acids is 1. The van der Waals surface area contributed by atoms with Gasteiger partial charge in [0.05, 0.1) is 6.61 Å². The first kappa shape index (κ1) is 30.2. The molecule has 1 aromatic rings. The van der Waals surface area contributed by atoms with E-state index in [-0.39, 0.29) is 11.4 Å². The smallest absolute Gasteiger partial charge is 0.305 e. The van der Waals surface area contributed by atoms with E-state index in [9.17, 15) is 4.79 Å². The molecule has 0 aliphatic heterocycles. The van der Waals surface area contributed by atoms with E-state index < -0.39 is 0 Å². The van der Waals surface area contributed by atoms with Crippen LogP contribution in [0.5, 0.6) is 0 Å². The van der Waals surface area contributed by atoms with Crippen LogP contribution in [0.4, 0.5) is 0 Å². The van der Waals surface area contributed by atoms with Gasteiger partial charge < -0.3 is 4.74 Å². The monoisotopic (exact) mass is 742 g/mol. The first-order valence-corrected chi connectivity index (χ1v) is 25.3. The summed E-state index contributed by atoms with van der Waals surface area (Å²) in [5.41, 5.74) is 8.98. The number of carbonyl (C=O) groups is 1. The summed E-state index contributed by atoms with van der Waals surface area (Å²) in [4.78, 5) is 13.3. The van der Waals surface area contributed by atoms with Crippen molar-refractivity contribution in [1.29, 1.82) is 0 Å². The molecule has 2 nitrogen and oxygen atoms in total. The number of hydrogen-bond acceptors (Lipinski definition) is 2. The van der Waals surface area contributed by atoms with Crippen molar-refractivity contribution in [2.24, 2.45) is 165 Å². The van der Waals surface area contributed by atoms with Crippen LogP contribution in [0.25, 0.3) is 0 Å². The highest BCUT2D eigenvalue weighted by Gasteiger charge is 2.94. The lowest BCUT2D eigenvalue weighted by Gasteiger charge is -2.61. The number of rotatable bonds is 8. The van der Waals surface area contributed by atoms with Gasteiger partial charge in [0.2, 0.25) is 0 Å². The van der Waals surface area contributed by atoms with Crippen molar-refractivity contribution in [3.8, 4) is 0 Å². The second-order valence-electron chi connectivity index (χ2n) is 25.3. The fourth-order valence-corrected chi connectivity index (χ4v) is 27.0. The summed E-state index contributed by atoms with van der Waals surface area (Å²) >= 11 is 0. The van der Waals surface area contributed by atoms with E-state index in [2.05, 4.69) is 54.5 Å². The second kappa shape index (κ2) is 9.09. The van der Waals surface area contributed by atoms with Crippen LogP contribution in [0.15, 0.2) is 53.1 Å². The predicted molar refractivity (Wildman–Crippen MR) is 212 cm³/mol. The molecule has 17 aliphatic rings. The summed E-state index contributed by atoms with van der Waals surface area (Å²) < 4.78 is 5.85. The van der Waals surface area contributed by atoms with Crippen LogP contribution in [0.3, 0.4) is 0 Å². The minimum Gasteiger partial charge on any atom is -0.466 e. The Morgan fingerprint density at radius 1 is 0.696 bits per heavy atom. The molecule has 2 heteroatoms. The first-order valence-electron chi connectivity index (χ1n) is 25.3. The Morgan fingerprint density at radius 2 is 1.41 bits per heavy atom. The van der Waals surface area contributed by atoms with Gasteiger partial charge >= 0.3 is 5.97 Å². The van der Waals surface area contributed by atoms with Crippen molar-refractivity contribution in [1.82, 2.24) is 0 Å². The van der Waals surface area contributed by atoms with Gasteiger partial charge in [0.25, 0.3) is 0 Å². The average Bonchev–Trinajstić information content (AvgIpc) is 3.89. The summed E-state index contributed by atoms with van der Waals surface area (Å²) in [6.45, 7) is 2.82. The van der Waals surface area contributed by atoms with Crippen molar-refractivity contribution in [3.05, 3.63) is 58.7 Å². The SMILES string of the molecule is CCCCOC(=O)CCCC1(c2ccccc2)C2C3CC4CC5CC6CC7CC8CC9=CC%10CC21C1C%10C2C9C9=C8C7C7C6C6C5C4C4C3C1C1C2C9C7C6C41. The van der Waals surface area contributed by atoms with E-state index in [0.29, 0.717) is 18.4 Å². The molecule has 1 spiro atoms. The molecule has 14 saturated carbocycles. The predicted octanol–water partition coefficient (Wildman–Crippen LogP) is 10.2. The highest BCUT2D eigenvalue weighted by molar-refractivity contribution is 5.69. The number of ether oxygens (including phenoxy) is 1. The van der Waals surface area contributed by atoms with Gasteiger partial charge in [-0.15, -0.1) is 0 Å². The maximum Gasteiger partial charge on any atom is 0.305 e. The van der Waals surface area contributed by atoms with E-state index >= 15 is 0 Å². The quantitative estimate of drug-likeness (QED) is 0.151. The molecule has 0 radical (unpaired) electrons. The minimum atomic E-state index is 0.0810. The number of benzene rings is 1. The lowest BCUT2D eigenvalue weighted by atomic mass is 9.43. The van der Waals surface area contributed by atoms with Gasteiger partial charge in [-0.25, -0.2) is 0 Å². The van der Waals surface area contributed by atoms with Crippen LogP contribution in [0, 0.1) is 165 Å². The largest absolute Gasteiger partial charge is 0.466 e. The highest BCUT2D eigenvalue weighted by Crippen LogP contribution is 2.98. The number of unbranched alkanes of at least 4 members (excludes halogenated alkanes) is 1. The third kappa shape index (κ3) is 2.67. The second-order valence-corrected chi connectivity index (χ2v) is 25.3. The lowest BCUT2D eigenvalue weighted by Crippen LogP contribution is -2.58. The van der Waals surface area contributed by atoms with Crippen molar-refractivity contribution in [3.63, 3.8) is 0 Å². The molecular formula is C54H62O2. The van der Waals surface area contributed by atoms with Crippen LogP contribution >= 0.6 is 0 Å². The molecule has 0 aromatic heterocycles. The van der Waals surface area contributed by atoms with Gasteiger partial charge in [-0.2, -0.15) is 0 Å². The summed E-state index contributed by atoms with van der Waals surface area (Å²) in [6, 6.07) is 12.4. The summed E-state index contributed by atoms with van der Waals surface area (Å²) in [7, 11) is 0. The standard InChI is InChI=1S/C54H62O2/c1-2-3-12-56-30(55)10-7-11-53(28-8-5-4-6-9-28)52-29-19-26-17-23-15-24-14-21-13-22-16-25-18-27-20-54(52,53)51-37(27)42-36(25)41-32(22)31(21)39-35(24)40-33(23)34(26)43-38(29)50(51)49-47(42)45(41)44(39)46(40)48(43)49/h4-6,8-9,18,21-24,26-27,29,31,33-40,42-52H,2-3,7,10-17,19-20H2,1H3. The number of hydrogen-bond donors (Lipinski definition) is 0. The Kier molecular flexibility index (Phi) is 4.91.